The number of rotatable bonds is 5. The second-order valence-electron chi connectivity index (χ2n) is 3.91. The fourth-order valence-corrected chi connectivity index (χ4v) is 2.09. The molecular weight excluding hydrogens is 280 g/mol. The number of amides is 2. The third kappa shape index (κ3) is 6.24. The smallest absolute Gasteiger partial charge is 0.319 e. The Kier molecular flexibility index (Phi) is 6.58. The van der Waals surface area contributed by atoms with Crippen LogP contribution < -0.4 is 10.9 Å². The van der Waals surface area contributed by atoms with E-state index in [1.807, 2.05) is 30.3 Å². The van der Waals surface area contributed by atoms with Crippen LogP contribution in [0.15, 0.2) is 35.2 Å². The van der Waals surface area contributed by atoms with Gasteiger partial charge in [0.05, 0.1) is 0 Å². The van der Waals surface area contributed by atoms with E-state index in [2.05, 4.69) is 10.9 Å². The second-order valence-corrected chi connectivity index (χ2v) is 5.32. The molecule has 0 aliphatic carbocycles. The van der Waals surface area contributed by atoms with Crippen LogP contribution in [0.4, 0.5) is 0 Å². The normalized spacial score (nSPS) is 11.3. The van der Waals surface area contributed by atoms with Crippen molar-refractivity contribution in [3.8, 4) is 0 Å². The number of carbonyl (C=O) groups is 3. The van der Waals surface area contributed by atoms with Crippen LogP contribution in [0.1, 0.15) is 13.8 Å². The zero-order valence-corrected chi connectivity index (χ0v) is 12.0. The summed E-state index contributed by atoms with van der Waals surface area (Å²) in [4.78, 5) is 34.4. The van der Waals surface area contributed by atoms with Crippen LogP contribution in [0.2, 0.25) is 0 Å². The molecule has 0 saturated heterocycles. The zero-order valence-electron chi connectivity index (χ0n) is 11.2. The highest BCUT2D eigenvalue weighted by atomic mass is 32.2. The molecule has 108 valence electrons. The number of hydrogen-bond acceptors (Lipinski definition) is 5. The summed E-state index contributed by atoms with van der Waals surface area (Å²) in [6.45, 7) is 2.52. The molecule has 0 spiro atoms. The lowest BCUT2D eigenvalue weighted by Crippen LogP contribution is -2.42. The van der Waals surface area contributed by atoms with Gasteiger partial charge in [0.15, 0.2) is 6.61 Å². The Bertz CT molecular complexity index is 479. The van der Waals surface area contributed by atoms with Crippen LogP contribution in [0.5, 0.6) is 0 Å². The van der Waals surface area contributed by atoms with Gasteiger partial charge >= 0.3 is 5.97 Å². The first-order valence-electron chi connectivity index (χ1n) is 5.93. The summed E-state index contributed by atoms with van der Waals surface area (Å²) in [5, 5.41) is -0.425. The SMILES string of the molecule is CC(=O)NNC(=O)COC(=O)[C@H](C)Sc1ccccc1. The molecule has 1 atom stereocenters. The first-order chi connectivity index (χ1) is 9.49. The minimum atomic E-state index is -0.592. The molecule has 7 heteroatoms. The molecule has 0 bridgehead atoms. The number of nitrogens with one attached hydrogen (secondary N) is 2. The molecule has 0 aromatic heterocycles. The van der Waals surface area contributed by atoms with E-state index >= 15 is 0 Å². The number of carbonyl (C=O) groups excluding carboxylic acids is 3. The van der Waals surface area contributed by atoms with Crippen LogP contribution in [-0.2, 0) is 19.1 Å². The highest BCUT2D eigenvalue weighted by molar-refractivity contribution is 8.00. The standard InChI is InChI=1S/C13H16N2O4S/c1-9(20-11-6-4-3-5-7-11)13(18)19-8-12(17)15-14-10(2)16/h3-7,9H,8H2,1-2H3,(H,14,16)(H,15,17)/t9-/m0/s1. The molecule has 6 nitrogen and oxygen atoms in total. The van der Waals surface area contributed by atoms with Crippen LogP contribution in [0.25, 0.3) is 0 Å². The van der Waals surface area contributed by atoms with Crippen LogP contribution in [0, 0.1) is 0 Å². The van der Waals surface area contributed by atoms with E-state index in [0.29, 0.717) is 0 Å². The van der Waals surface area contributed by atoms with E-state index in [9.17, 15) is 14.4 Å². The van der Waals surface area contributed by atoms with Gasteiger partial charge in [0.25, 0.3) is 5.91 Å². The highest BCUT2D eigenvalue weighted by Gasteiger charge is 2.17. The molecule has 2 amide bonds. The predicted octanol–water partition coefficient (Wildman–Crippen LogP) is 0.878. The van der Waals surface area contributed by atoms with Crippen molar-refractivity contribution in [1.29, 1.82) is 0 Å². The number of hydrazine groups is 1. The van der Waals surface area contributed by atoms with Crippen molar-refractivity contribution in [2.24, 2.45) is 0 Å². The van der Waals surface area contributed by atoms with Crippen LogP contribution >= 0.6 is 11.8 Å². The van der Waals surface area contributed by atoms with Gasteiger partial charge < -0.3 is 4.74 Å². The van der Waals surface area contributed by atoms with Gasteiger partial charge in [-0.15, -0.1) is 11.8 Å². The molecule has 0 heterocycles. The quantitative estimate of drug-likeness (QED) is 0.478. The summed E-state index contributed by atoms with van der Waals surface area (Å²) in [6, 6.07) is 9.41. The fraction of sp³-hybridized carbons (Fsp3) is 0.308. The van der Waals surface area contributed by atoms with Gasteiger partial charge in [-0.05, 0) is 19.1 Å². The largest absolute Gasteiger partial charge is 0.455 e. The molecule has 1 aromatic rings. The third-order valence-corrected chi connectivity index (χ3v) is 3.20. The molecule has 1 rings (SSSR count). The van der Waals surface area contributed by atoms with E-state index < -0.39 is 29.6 Å². The minimum absolute atomic E-state index is 0.405. The van der Waals surface area contributed by atoms with Gasteiger partial charge in [-0.3, -0.25) is 25.2 Å². The average Bonchev–Trinajstić information content (AvgIpc) is 2.43. The Morgan fingerprint density at radius 2 is 1.85 bits per heavy atom. The van der Waals surface area contributed by atoms with E-state index in [-0.39, 0.29) is 0 Å². The summed E-state index contributed by atoms with van der Waals surface area (Å²) in [5.41, 5.74) is 4.21. The molecule has 0 aliphatic rings. The topological polar surface area (TPSA) is 84.5 Å². The molecule has 0 radical (unpaired) electrons. The number of benzene rings is 1. The lowest BCUT2D eigenvalue weighted by molar-refractivity contribution is -0.148. The fourth-order valence-electron chi connectivity index (χ4n) is 1.20. The van der Waals surface area contributed by atoms with E-state index in [4.69, 9.17) is 4.74 Å². The Balaban J connectivity index is 2.31. The summed E-state index contributed by atoms with van der Waals surface area (Å²) in [7, 11) is 0. The first-order valence-corrected chi connectivity index (χ1v) is 6.80. The molecule has 0 fully saturated rings. The summed E-state index contributed by atoms with van der Waals surface area (Å²) in [5.74, 6) is -1.49. The highest BCUT2D eigenvalue weighted by Crippen LogP contribution is 2.23. The van der Waals surface area contributed by atoms with E-state index in [1.54, 1.807) is 6.92 Å². The minimum Gasteiger partial charge on any atom is -0.455 e. The number of ether oxygens (including phenoxy) is 1. The van der Waals surface area contributed by atoms with Crippen LogP contribution in [-0.4, -0.2) is 29.6 Å². The number of hydrogen-bond donors (Lipinski definition) is 2. The summed E-state index contributed by atoms with van der Waals surface area (Å²) in [6.07, 6.45) is 0. The monoisotopic (exact) mass is 296 g/mol. The molecule has 20 heavy (non-hydrogen) atoms. The molecule has 0 unspecified atom stereocenters. The van der Waals surface area contributed by atoms with Gasteiger partial charge in [0, 0.05) is 11.8 Å². The maximum absolute atomic E-state index is 11.7. The van der Waals surface area contributed by atoms with E-state index in [0.717, 1.165) is 4.90 Å². The molecule has 1 aromatic carbocycles. The lowest BCUT2D eigenvalue weighted by Gasteiger charge is -2.11. The van der Waals surface area contributed by atoms with Crippen molar-refractivity contribution >= 4 is 29.5 Å². The Hall–Kier alpha value is -2.02. The van der Waals surface area contributed by atoms with Crippen molar-refractivity contribution in [2.75, 3.05) is 6.61 Å². The third-order valence-electron chi connectivity index (χ3n) is 2.11. The van der Waals surface area contributed by atoms with Crippen molar-refractivity contribution in [3.05, 3.63) is 30.3 Å². The Morgan fingerprint density at radius 1 is 1.20 bits per heavy atom. The van der Waals surface area contributed by atoms with Gasteiger partial charge in [-0.25, -0.2) is 0 Å². The number of esters is 1. The van der Waals surface area contributed by atoms with Gasteiger partial charge in [-0.2, -0.15) is 0 Å². The van der Waals surface area contributed by atoms with Crippen LogP contribution in [0.3, 0.4) is 0 Å². The average molecular weight is 296 g/mol. The van der Waals surface area contributed by atoms with E-state index in [1.165, 1.54) is 18.7 Å². The zero-order chi connectivity index (χ0) is 15.0. The predicted molar refractivity (Wildman–Crippen MR) is 74.7 cm³/mol. The van der Waals surface area contributed by atoms with Gasteiger partial charge in [0.2, 0.25) is 5.91 Å². The molecule has 2 N–H and O–H groups in total. The second kappa shape index (κ2) is 8.21. The van der Waals surface area contributed by atoms with Crippen molar-refractivity contribution < 1.29 is 19.1 Å². The van der Waals surface area contributed by atoms with Gasteiger partial charge in [0.1, 0.15) is 5.25 Å². The molecule has 0 saturated carbocycles. The maximum Gasteiger partial charge on any atom is 0.319 e. The number of thioether (sulfide) groups is 1. The van der Waals surface area contributed by atoms with Crippen molar-refractivity contribution in [1.82, 2.24) is 10.9 Å². The van der Waals surface area contributed by atoms with Crippen molar-refractivity contribution in [2.45, 2.75) is 24.0 Å². The summed E-state index contributed by atoms with van der Waals surface area (Å²) >= 11 is 1.35. The Labute approximate surface area is 121 Å². The maximum atomic E-state index is 11.7. The molecule has 0 aliphatic heterocycles. The Morgan fingerprint density at radius 3 is 2.45 bits per heavy atom. The lowest BCUT2D eigenvalue weighted by atomic mass is 10.4. The summed E-state index contributed by atoms with van der Waals surface area (Å²) < 4.78 is 4.85. The van der Waals surface area contributed by atoms with Gasteiger partial charge in [-0.1, -0.05) is 18.2 Å². The van der Waals surface area contributed by atoms with Crippen molar-refractivity contribution in [3.63, 3.8) is 0 Å². The first kappa shape index (κ1) is 16.0. The molecular formula is C13H16N2O4S.